The molecular weight excluding hydrogens is 204 g/mol. The van der Waals surface area contributed by atoms with E-state index in [2.05, 4.69) is 0 Å². The van der Waals surface area contributed by atoms with Crippen LogP contribution in [0.2, 0.25) is 0 Å². The van der Waals surface area contributed by atoms with Crippen LogP contribution in [0.25, 0.3) is 0 Å². The van der Waals surface area contributed by atoms with Crippen molar-refractivity contribution in [2.45, 2.75) is 33.3 Å². The van der Waals surface area contributed by atoms with Crippen LogP contribution < -0.4 is 4.74 Å². The Balaban J connectivity index is 2.37. The summed E-state index contributed by atoms with van der Waals surface area (Å²) in [5.41, 5.74) is 2.67. The van der Waals surface area contributed by atoms with Crippen molar-refractivity contribution in [2.24, 2.45) is 0 Å². The molecule has 0 spiro atoms. The molecule has 2 rings (SSSR count). The van der Waals surface area contributed by atoms with Crippen molar-refractivity contribution < 1.29 is 14.3 Å². The van der Waals surface area contributed by atoms with Crippen LogP contribution in [0.1, 0.15) is 35.3 Å². The molecule has 1 aromatic carbocycles. The van der Waals surface area contributed by atoms with Gasteiger partial charge in [-0.25, -0.2) is 4.79 Å². The van der Waals surface area contributed by atoms with Crippen LogP contribution in [-0.4, -0.2) is 18.7 Å². The van der Waals surface area contributed by atoms with Crippen LogP contribution in [0.4, 0.5) is 0 Å². The Hall–Kier alpha value is -1.51. The van der Waals surface area contributed by atoms with E-state index in [1.54, 1.807) is 6.92 Å². The summed E-state index contributed by atoms with van der Waals surface area (Å²) in [5, 5.41) is 0. The number of carbonyl (C=O) groups is 1. The highest BCUT2D eigenvalue weighted by Crippen LogP contribution is 2.34. The summed E-state index contributed by atoms with van der Waals surface area (Å²) in [6, 6.07) is 3.78. The van der Waals surface area contributed by atoms with Crippen molar-refractivity contribution in [1.82, 2.24) is 0 Å². The SMILES string of the molecule is CCOC(=O)c1ccc2c(c1C)OC(C)C2. The van der Waals surface area contributed by atoms with Crippen LogP contribution in [0.15, 0.2) is 12.1 Å². The normalized spacial score (nSPS) is 17.8. The summed E-state index contributed by atoms with van der Waals surface area (Å²) in [5.74, 6) is 0.587. The van der Waals surface area contributed by atoms with E-state index in [-0.39, 0.29) is 12.1 Å². The van der Waals surface area contributed by atoms with E-state index in [9.17, 15) is 4.79 Å². The van der Waals surface area contributed by atoms with Gasteiger partial charge in [0.2, 0.25) is 0 Å². The maximum Gasteiger partial charge on any atom is 0.338 e. The van der Waals surface area contributed by atoms with Crippen molar-refractivity contribution in [2.75, 3.05) is 6.61 Å². The second kappa shape index (κ2) is 4.16. The average Bonchev–Trinajstić information content (AvgIpc) is 2.60. The van der Waals surface area contributed by atoms with Crippen LogP contribution in [-0.2, 0) is 11.2 Å². The molecule has 0 N–H and O–H groups in total. The third-order valence-corrected chi connectivity index (χ3v) is 2.81. The highest BCUT2D eigenvalue weighted by Gasteiger charge is 2.24. The Bertz CT molecular complexity index is 423. The van der Waals surface area contributed by atoms with Gasteiger partial charge < -0.3 is 9.47 Å². The number of hydrogen-bond donors (Lipinski definition) is 0. The summed E-state index contributed by atoms with van der Waals surface area (Å²) >= 11 is 0. The van der Waals surface area contributed by atoms with Gasteiger partial charge in [0.25, 0.3) is 0 Å². The first-order valence-electron chi connectivity index (χ1n) is 5.59. The molecule has 0 aromatic heterocycles. The molecule has 0 radical (unpaired) electrons. The van der Waals surface area contributed by atoms with E-state index in [4.69, 9.17) is 9.47 Å². The molecule has 1 atom stereocenters. The first-order valence-corrected chi connectivity index (χ1v) is 5.59. The molecule has 3 heteroatoms. The zero-order valence-electron chi connectivity index (χ0n) is 9.87. The Kier molecular flexibility index (Phi) is 2.86. The van der Waals surface area contributed by atoms with Crippen molar-refractivity contribution in [3.8, 4) is 5.75 Å². The van der Waals surface area contributed by atoms with E-state index >= 15 is 0 Å². The maximum absolute atomic E-state index is 11.7. The molecule has 1 unspecified atom stereocenters. The molecule has 16 heavy (non-hydrogen) atoms. The zero-order valence-corrected chi connectivity index (χ0v) is 9.87. The first-order chi connectivity index (χ1) is 7.63. The minimum Gasteiger partial charge on any atom is -0.490 e. The van der Waals surface area contributed by atoms with Crippen molar-refractivity contribution in [1.29, 1.82) is 0 Å². The van der Waals surface area contributed by atoms with E-state index in [1.165, 1.54) is 5.56 Å². The lowest BCUT2D eigenvalue weighted by atomic mass is 10.0. The number of hydrogen-bond acceptors (Lipinski definition) is 3. The highest BCUT2D eigenvalue weighted by molar-refractivity contribution is 5.92. The highest BCUT2D eigenvalue weighted by atomic mass is 16.5. The number of ether oxygens (including phenoxy) is 2. The summed E-state index contributed by atoms with van der Waals surface area (Å²) in [6.07, 6.45) is 1.12. The minimum absolute atomic E-state index is 0.200. The van der Waals surface area contributed by atoms with Crippen LogP contribution in [0, 0.1) is 6.92 Å². The van der Waals surface area contributed by atoms with Crippen LogP contribution >= 0.6 is 0 Å². The van der Waals surface area contributed by atoms with Gasteiger partial charge in [0.1, 0.15) is 11.9 Å². The van der Waals surface area contributed by atoms with Gasteiger partial charge in [0.05, 0.1) is 12.2 Å². The fourth-order valence-electron chi connectivity index (χ4n) is 2.06. The van der Waals surface area contributed by atoms with Crippen molar-refractivity contribution in [3.05, 3.63) is 28.8 Å². The molecule has 1 heterocycles. The molecule has 3 nitrogen and oxygen atoms in total. The molecule has 0 saturated heterocycles. The van der Waals surface area contributed by atoms with Crippen LogP contribution in [0.3, 0.4) is 0 Å². The van der Waals surface area contributed by atoms with Gasteiger partial charge in [0.15, 0.2) is 0 Å². The topological polar surface area (TPSA) is 35.5 Å². The largest absolute Gasteiger partial charge is 0.490 e. The number of fused-ring (bicyclic) bond motifs is 1. The summed E-state index contributed by atoms with van der Waals surface area (Å²) in [4.78, 5) is 11.7. The molecule has 0 bridgehead atoms. The smallest absolute Gasteiger partial charge is 0.338 e. The lowest BCUT2D eigenvalue weighted by molar-refractivity contribution is 0.0525. The quantitative estimate of drug-likeness (QED) is 0.718. The van der Waals surface area contributed by atoms with E-state index in [0.29, 0.717) is 12.2 Å². The Morgan fingerprint density at radius 2 is 2.31 bits per heavy atom. The van der Waals surface area contributed by atoms with Gasteiger partial charge in [-0.05, 0) is 32.4 Å². The number of benzene rings is 1. The predicted octanol–water partition coefficient (Wildman–Crippen LogP) is 2.50. The van der Waals surface area contributed by atoms with Gasteiger partial charge in [0, 0.05) is 12.0 Å². The monoisotopic (exact) mass is 220 g/mol. The standard InChI is InChI=1S/C13H16O3/c1-4-15-13(14)11-6-5-10-7-8(2)16-12(10)9(11)3/h5-6,8H,4,7H2,1-3H3. The second-order valence-electron chi connectivity index (χ2n) is 4.08. The summed E-state index contributed by atoms with van der Waals surface area (Å²) in [7, 11) is 0. The molecule has 0 saturated carbocycles. The third kappa shape index (κ3) is 1.77. The zero-order chi connectivity index (χ0) is 11.7. The molecule has 1 aromatic rings. The van der Waals surface area contributed by atoms with Gasteiger partial charge in [-0.3, -0.25) is 0 Å². The van der Waals surface area contributed by atoms with Gasteiger partial charge in [-0.15, -0.1) is 0 Å². The Morgan fingerprint density at radius 3 is 3.00 bits per heavy atom. The van der Waals surface area contributed by atoms with E-state index in [1.807, 2.05) is 26.0 Å². The van der Waals surface area contributed by atoms with E-state index < -0.39 is 0 Å². The van der Waals surface area contributed by atoms with E-state index in [0.717, 1.165) is 17.7 Å². The molecule has 86 valence electrons. The van der Waals surface area contributed by atoms with Crippen molar-refractivity contribution >= 4 is 5.97 Å². The lowest BCUT2D eigenvalue weighted by Gasteiger charge is -2.10. The number of rotatable bonds is 2. The molecule has 1 aliphatic heterocycles. The fourth-order valence-corrected chi connectivity index (χ4v) is 2.06. The third-order valence-electron chi connectivity index (χ3n) is 2.81. The lowest BCUT2D eigenvalue weighted by Crippen LogP contribution is -2.08. The number of esters is 1. The first kappa shape index (κ1) is 11.0. The number of carbonyl (C=O) groups excluding carboxylic acids is 1. The van der Waals surface area contributed by atoms with Gasteiger partial charge in [-0.2, -0.15) is 0 Å². The maximum atomic E-state index is 11.7. The molecular formula is C13H16O3. The predicted molar refractivity (Wildman–Crippen MR) is 60.9 cm³/mol. The Labute approximate surface area is 95.4 Å². The van der Waals surface area contributed by atoms with Crippen molar-refractivity contribution in [3.63, 3.8) is 0 Å². The molecule has 0 aliphatic carbocycles. The van der Waals surface area contributed by atoms with Gasteiger partial charge in [-0.1, -0.05) is 6.07 Å². The minimum atomic E-state index is -0.272. The molecule has 1 aliphatic rings. The van der Waals surface area contributed by atoms with Gasteiger partial charge >= 0.3 is 5.97 Å². The average molecular weight is 220 g/mol. The second-order valence-corrected chi connectivity index (χ2v) is 4.08. The van der Waals surface area contributed by atoms with Crippen LogP contribution in [0.5, 0.6) is 5.75 Å². The molecule has 0 amide bonds. The summed E-state index contributed by atoms with van der Waals surface area (Å²) < 4.78 is 10.7. The summed E-state index contributed by atoms with van der Waals surface area (Å²) in [6.45, 7) is 6.14. The molecule has 0 fully saturated rings. The Morgan fingerprint density at radius 1 is 1.56 bits per heavy atom. The fraction of sp³-hybridized carbons (Fsp3) is 0.462.